The monoisotopic (exact) mass is 358 g/mol. The van der Waals surface area contributed by atoms with Crippen LogP contribution in [-0.4, -0.2) is 32.0 Å². The Morgan fingerprint density at radius 3 is 2.30 bits per heavy atom. The van der Waals surface area contributed by atoms with Crippen molar-refractivity contribution in [3.63, 3.8) is 0 Å². The highest BCUT2D eigenvalue weighted by Crippen LogP contribution is 2.14. The fraction of sp³-hybridized carbons (Fsp3) is 0.250. The van der Waals surface area contributed by atoms with Crippen molar-refractivity contribution < 1.29 is 22.7 Å². The summed E-state index contributed by atoms with van der Waals surface area (Å²) in [4.78, 5) is 0. The van der Waals surface area contributed by atoms with Gasteiger partial charge in [-0.15, -0.1) is 0 Å². The molecule has 0 aliphatic carbocycles. The number of benzene rings is 2. The van der Waals surface area contributed by atoms with Gasteiger partial charge in [0.15, 0.2) is 9.84 Å². The standard InChI is InChI=1S/C16H16ClFO4S/c17-13-3-1-12(2-4-13)10-23(20,21)11-15(19)9-22-16-7-5-14(18)6-8-16/h1-8,15,19H,9-11H2. The van der Waals surface area contributed by atoms with E-state index in [0.29, 0.717) is 16.3 Å². The summed E-state index contributed by atoms with van der Waals surface area (Å²) >= 11 is 5.75. The van der Waals surface area contributed by atoms with Crippen LogP contribution in [0.25, 0.3) is 0 Å². The number of halogens is 2. The summed E-state index contributed by atoms with van der Waals surface area (Å²) in [6, 6.07) is 11.7. The van der Waals surface area contributed by atoms with Crippen molar-refractivity contribution in [3.8, 4) is 5.75 Å². The molecule has 124 valence electrons. The summed E-state index contributed by atoms with van der Waals surface area (Å²) in [7, 11) is -3.49. The molecular formula is C16H16ClFO4S. The van der Waals surface area contributed by atoms with Crippen molar-refractivity contribution >= 4 is 21.4 Å². The molecule has 23 heavy (non-hydrogen) atoms. The lowest BCUT2D eigenvalue weighted by Gasteiger charge is -2.13. The van der Waals surface area contributed by atoms with Crippen LogP contribution < -0.4 is 4.74 Å². The average molecular weight is 359 g/mol. The van der Waals surface area contributed by atoms with Crippen molar-refractivity contribution in [2.24, 2.45) is 0 Å². The maximum atomic E-state index is 12.7. The van der Waals surface area contributed by atoms with Crippen molar-refractivity contribution in [2.75, 3.05) is 12.4 Å². The minimum absolute atomic E-state index is 0.183. The van der Waals surface area contributed by atoms with Crippen LogP contribution in [0.4, 0.5) is 4.39 Å². The summed E-state index contributed by atoms with van der Waals surface area (Å²) in [5, 5.41) is 10.4. The largest absolute Gasteiger partial charge is 0.491 e. The zero-order valence-electron chi connectivity index (χ0n) is 12.2. The van der Waals surface area contributed by atoms with Gasteiger partial charge in [-0.2, -0.15) is 0 Å². The molecule has 0 spiro atoms. The molecule has 7 heteroatoms. The van der Waals surface area contributed by atoms with Crippen LogP contribution >= 0.6 is 11.6 Å². The van der Waals surface area contributed by atoms with E-state index in [1.165, 1.54) is 24.3 Å². The fourth-order valence-corrected chi connectivity index (χ4v) is 3.58. The van der Waals surface area contributed by atoms with E-state index in [1.807, 2.05) is 0 Å². The lowest BCUT2D eigenvalue weighted by atomic mass is 10.2. The summed E-state index contributed by atoms with van der Waals surface area (Å²) in [5.41, 5.74) is 0.598. The van der Waals surface area contributed by atoms with Gasteiger partial charge in [0.2, 0.25) is 0 Å². The number of sulfone groups is 1. The zero-order valence-corrected chi connectivity index (χ0v) is 13.7. The third kappa shape index (κ3) is 6.17. The first-order chi connectivity index (χ1) is 10.8. The Labute approximate surface area is 139 Å². The number of rotatable bonds is 7. The predicted octanol–water partition coefficient (Wildman–Crippen LogP) is 2.83. The van der Waals surface area contributed by atoms with E-state index in [2.05, 4.69) is 0 Å². The lowest BCUT2D eigenvalue weighted by Crippen LogP contribution is -2.27. The number of hydrogen-bond donors (Lipinski definition) is 1. The van der Waals surface area contributed by atoms with Crippen LogP contribution in [0.15, 0.2) is 48.5 Å². The molecule has 1 unspecified atom stereocenters. The van der Waals surface area contributed by atoms with Gasteiger partial charge in [0.25, 0.3) is 0 Å². The molecule has 0 heterocycles. The van der Waals surface area contributed by atoms with E-state index in [4.69, 9.17) is 16.3 Å². The van der Waals surface area contributed by atoms with Gasteiger partial charge >= 0.3 is 0 Å². The number of ether oxygens (including phenoxy) is 1. The molecule has 2 rings (SSSR count). The van der Waals surface area contributed by atoms with E-state index in [0.717, 1.165) is 0 Å². The van der Waals surface area contributed by atoms with Gasteiger partial charge in [0.1, 0.15) is 24.3 Å². The van der Waals surface area contributed by atoms with Gasteiger partial charge in [-0.3, -0.25) is 0 Å². The zero-order chi connectivity index (χ0) is 16.9. The van der Waals surface area contributed by atoms with Gasteiger partial charge in [-0.1, -0.05) is 23.7 Å². The second-order valence-corrected chi connectivity index (χ2v) is 7.65. The highest BCUT2D eigenvalue weighted by atomic mass is 35.5. The minimum Gasteiger partial charge on any atom is -0.491 e. The van der Waals surface area contributed by atoms with E-state index >= 15 is 0 Å². The Morgan fingerprint density at radius 1 is 1.09 bits per heavy atom. The molecule has 0 saturated heterocycles. The van der Waals surface area contributed by atoms with Crippen LogP contribution in [-0.2, 0) is 15.6 Å². The molecule has 0 saturated carbocycles. The van der Waals surface area contributed by atoms with E-state index in [-0.39, 0.29) is 12.4 Å². The third-order valence-corrected chi connectivity index (χ3v) is 4.92. The molecule has 0 fully saturated rings. The second kappa shape index (κ2) is 7.77. The molecule has 1 N–H and O–H groups in total. The van der Waals surface area contributed by atoms with Crippen molar-refractivity contribution in [1.82, 2.24) is 0 Å². The molecule has 4 nitrogen and oxygen atoms in total. The molecule has 0 radical (unpaired) electrons. The Balaban J connectivity index is 1.86. The van der Waals surface area contributed by atoms with Crippen LogP contribution in [0.5, 0.6) is 5.75 Å². The molecule has 0 aromatic heterocycles. The molecule has 2 aromatic carbocycles. The normalized spacial score (nSPS) is 12.8. The Hall–Kier alpha value is -1.63. The molecular weight excluding hydrogens is 343 g/mol. The first kappa shape index (κ1) is 17.7. The van der Waals surface area contributed by atoms with Gasteiger partial charge in [-0.25, -0.2) is 12.8 Å². The second-order valence-electron chi connectivity index (χ2n) is 5.10. The molecule has 0 aliphatic rings. The molecule has 0 bridgehead atoms. The van der Waals surface area contributed by atoms with Crippen molar-refractivity contribution in [2.45, 2.75) is 11.9 Å². The minimum atomic E-state index is -3.49. The SMILES string of the molecule is O=S(=O)(Cc1ccc(Cl)cc1)CC(O)COc1ccc(F)cc1. The van der Waals surface area contributed by atoms with Crippen LogP contribution in [0.2, 0.25) is 5.02 Å². The Morgan fingerprint density at radius 2 is 1.70 bits per heavy atom. The predicted molar refractivity (Wildman–Crippen MR) is 86.8 cm³/mol. The van der Waals surface area contributed by atoms with E-state index in [1.54, 1.807) is 24.3 Å². The maximum Gasteiger partial charge on any atom is 0.157 e. The number of hydrogen-bond acceptors (Lipinski definition) is 4. The quantitative estimate of drug-likeness (QED) is 0.826. The van der Waals surface area contributed by atoms with Gasteiger partial charge in [-0.05, 0) is 42.0 Å². The summed E-state index contributed by atoms with van der Waals surface area (Å²) < 4.78 is 42.1. The van der Waals surface area contributed by atoms with Crippen LogP contribution in [0, 0.1) is 5.82 Å². The van der Waals surface area contributed by atoms with Gasteiger partial charge < -0.3 is 9.84 Å². The summed E-state index contributed by atoms with van der Waals surface area (Å²) in [5.74, 6) is -0.641. The maximum absolute atomic E-state index is 12.7. The van der Waals surface area contributed by atoms with E-state index in [9.17, 15) is 17.9 Å². The third-order valence-electron chi connectivity index (χ3n) is 3.00. The number of aliphatic hydroxyl groups is 1. The summed E-state index contributed by atoms with van der Waals surface area (Å²) in [6.45, 7) is -0.189. The van der Waals surface area contributed by atoms with Gasteiger partial charge in [0, 0.05) is 5.02 Å². The molecule has 1 atom stereocenters. The first-order valence-electron chi connectivity index (χ1n) is 6.85. The van der Waals surface area contributed by atoms with Crippen LogP contribution in [0.1, 0.15) is 5.56 Å². The van der Waals surface area contributed by atoms with Gasteiger partial charge in [0.05, 0.1) is 11.5 Å². The highest BCUT2D eigenvalue weighted by Gasteiger charge is 2.18. The average Bonchev–Trinajstić information content (AvgIpc) is 2.48. The van der Waals surface area contributed by atoms with Crippen molar-refractivity contribution in [1.29, 1.82) is 0 Å². The summed E-state index contributed by atoms with van der Waals surface area (Å²) in [6.07, 6.45) is -1.17. The van der Waals surface area contributed by atoms with Crippen LogP contribution in [0.3, 0.4) is 0 Å². The first-order valence-corrected chi connectivity index (χ1v) is 9.05. The smallest absolute Gasteiger partial charge is 0.157 e. The Kier molecular flexibility index (Phi) is 5.98. The highest BCUT2D eigenvalue weighted by molar-refractivity contribution is 7.90. The molecule has 0 amide bonds. The van der Waals surface area contributed by atoms with E-state index < -0.39 is 27.5 Å². The molecule has 2 aromatic rings. The van der Waals surface area contributed by atoms with Crippen molar-refractivity contribution in [3.05, 3.63) is 64.9 Å². The Bertz CT molecular complexity index is 730. The fourth-order valence-electron chi connectivity index (χ4n) is 1.96. The molecule has 0 aliphatic heterocycles. The number of aliphatic hydroxyl groups excluding tert-OH is 1. The topological polar surface area (TPSA) is 63.6 Å². The lowest BCUT2D eigenvalue weighted by molar-refractivity contribution is 0.125.